The molecular weight excluding hydrogens is 372 g/mol. The number of aromatic nitrogens is 3. The summed E-state index contributed by atoms with van der Waals surface area (Å²) < 4.78 is 1.82. The summed E-state index contributed by atoms with van der Waals surface area (Å²) in [6, 6.07) is 20.2. The summed E-state index contributed by atoms with van der Waals surface area (Å²) in [4.78, 5) is 17.8. The molecule has 0 saturated carbocycles. The zero-order valence-corrected chi connectivity index (χ0v) is 17.8. The number of pyridine rings is 1. The third kappa shape index (κ3) is 3.83. The van der Waals surface area contributed by atoms with E-state index in [1.54, 1.807) is 0 Å². The summed E-state index contributed by atoms with van der Waals surface area (Å²) >= 11 is 0. The molecule has 0 aliphatic carbocycles. The highest BCUT2D eigenvalue weighted by Gasteiger charge is 2.20. The van der Waals surface area contributed by atoms with Crippen LogP contribution in [0.4, 0.5) is 0 Å². The highest BCUT2D eigenvalue weighted by atomic mass is 16.1. The number of benzene rings is 2. The molecule has 2 heterocycles. The second kappa shape index (κ2) is 8.11. The highest BCUT2D eigenvalue weighted by molar-refractivity contribution is 6.06. The maximum atomic E-state index is 13.1. The van der Waals surface area contributed by atoms with Gasteiger partial charge in [0, 0.05) is 12.2 Å². The fourth-order valence-electron chi connectivity index (χ4n) is 3.70. The number of nitrogens with one attached hydrogen (secondary N) is 1. The molecule has 1 N–H and O–H groups in total. The van der Waals surface area contributed by atoms with Crippen LogP contribution in [0.15, 0.2) is 60.7 Å². The van der Waals surface area contributed by atoms with Gasteiger partial charge in [0.15, 0.2) is 5.65 Å². The van der Waals surface area contributed by atoms with E-state index in [0.717, 1.165) is 22.5 Å². The van der Waals surface area contributed by atoms with Crippen molar-refractivity contribution in [2.24, 2.45) is 0 Å². The Kier molecular flexibility index (Phi) is 5.36. The van der Waals surface area contributed by atoms with Gasteiger partial charge in [-0.3, -0.25) is 4.79 Å². The Balaban J connectivity index is 1.67. The summed E-state index contributed by atoms with van der Waals surface area (Å²) in [5, 5.41) is 8.58. The molecular formula is C25H26N4O. The first-order chi connectivity index (χ1) is 14.4. The van der Waals surface area contributed by atoms with E-state index in [9.17, 15) is 4.79 Å². The molecule has 152 valence electrons. The van der Waals surface area contributed by atoms with Crippen molar-refractivity contribution in [3.8, 4) is 5.69 Å². The molecule has 1 amide bonds. The molecule has 0 aliphatic rings. The van der Waals surface area contributed by atoms with Crippen molar-refractivity contribution in [2.45, 2.75) is 33.6 Å². The fourth-order valence-corrected chi connectivity index (χ4v) is 3.70. The van der Waals surface area contributed by atoms with Gasteiger partial charge in [-0.2, -0.15) is 5.10 Å². The molecule has 0 aliphatic heterocycles. The van der Waals surface area contributed by atoms with Crippen LogP contribution >= 0.6 is 0 Å². The lowest BCUT2D eigenvalue weighted by Gasteiger charge is -2.14. The first kappa shape index (κ1) is 19.8. The zero-order chi connectivity index (χ0) is 21.3. The topological polar surface area (TPSA) is 59.8 Å². The van der Waals surface area contributed by atoms with Crippen LogP contribution in [0.25, 0.3) is 16.7 Å². The number of rotatable bonds is 5. The van der Waals surface area contributed by atoms with Crippen LogP contribution in [0.3, 0.4) is 0 Å². The summed E-state index contributed by atoms with van der Waals surface area (Å²) in [5.41, 5.74) is 6.23. The minimum atomic E-state index is -0.0974. The summed E-state index contributed by atoms with van der Waals surface area (Å²) in [7, 11) is 0. The van der Waals surface area contributed by atoms with Crippen molar-refractivity contribution in [2.75, 3.05) is 6.54 Å². The van der Waals surface area contributed by atoms with E-state index in [0.29, 0.717) is 17.8 Å². The fraction of sp³-hybridized carbons (Fsp3) is 0.240. The smallest absolute Gasteiger partial charge is 0.252 e. The van der Waals surface area contributed by atoms with Gasteiger partial charge in [-0.05, 0) is 50.5 Å². The zero-order valence-electron chi connectivity index (χ0n) is 17.8. The predicted molar refractivity (Wildman–Crippen MR) is 120 cm³/mol. The first-order valence-electron chi connectivity index (χ1n) is 10.2. The Labute approximate surface area is 176 Å². The Morgan fingerprint density at radius 2 is 1.73 bits per heavy atom. The molecule has 0 radical (unpaired) electrons. The number of amides is 1. The second-order valence-corrected chi connectivity index (χ2v) is 7.86. The average Bonchev–Trinajstić information content (AvgIpc) is 3.08. The number of nitrogens with zero attached hydrogens (tertiary/aromatic N) is 3. The number of hydrogen-bond donors (Lipinski definition) is 1. The number of carbonyl (C=O) groups is 1. The molecule has 5 nitrogen and oxygen atoms in total. The van der Waals surface area contributed by atoms with Crippen LogP contribution in [0.2, 0.25) is 0 Å². The van der Waals surface area contributed by atoms with Crippen LogP contribution in [-0.2, 0) is 0 Å². The van der Waals surface area contributed by atoms with Gasteiger partial charge in [0.05, 0.1) is 22.3 Å². The van der Waals surface area contributed by atoms with Crippen LogP contribution in [0.1, 0.15) is 45.7 Å². The van der Waals surface area contributed by atoms with E-state index in [-0.39, 0.29) is 11.8 Å². The molecule has 4 rings (SSSR count). The Bertz CT molecular complexity index is 1190. The van der Waals surface area contributed by atoms with E-state index in [4.69, 9.17) is 10.1 Å². The summed E-state index contributed by atoms with van der Waals surface area (Å²) in [5.74, 6) is 0.129. The molecule has 0 fully saturated rings. The molecule has 30 heavy (non-hydrogen) atoms. The van der Waals surface area contributed by atoms with E-state index in [1.807, 2.05) is 67.1 Å². The van der Waals surface area contributed by atoms with Crippen LogP contribution in [-0.4, -0.2) is 27.2 Å². The maximum absolute atomic E-state index is 13.1. The molecule has 0 unspecified atom stereocenters. The second-order valence-electron chi connectivity index (χ2n) is 7.86. The molecule has 2 aromatic carbocycles. The third-order valence-electron chi connectivity index (χ3n) is 5.40. The lowest BCUT2D eigenvalue weighted by atomic mass is 10.0. The van der Waals surface area contributed by atoms with Gasteiger partial charge in [-0.15, -0.1) is 0 Å². The maximum Gasteiger partial charge on any atom is 0.252 e. The molecule has 2 aromatic heterocycles. The van der Waals surface area contributed by atoms with Crippen molar-refractivity contribution in [3.63, 3.8) is 0 Å². The monoisotopic (exact) mass is 398 g/mol. The van der Waals surface area contributed by atoms with Gasteiger partial charge >= 0.3 is 0 Å². The van der Waals surface area contributed by atoms with Crippen molar-refractivity contribution >= 4 is 16.9 Å². The normalized spacial score (nSPS) is 12.1. The standard InChI is InChI=1S/C25H26N4O/c1-16-10-12-21(13-11-16)29-24-23(19(4)28-29)22(14-18(3)27-24)25(30)26-15-17(2)20-8-6-5-7-9-20/h5-14,17H,15H2,1-4H3,(H,26,30)/t17-/m0/s1. The number of aryl methyl sites for hydroxylation is 3. The van der Waals surface area contributed by atoms with Gasteiger partial charge < -0.3 is 5.32 Å². The number of fused-ring (bicyclic) bond motifs is 1. The predicted octanol–water partition coefficient (Wildman–Crippen LogP) is 4.88. The molecule has 0 spiro atoms. The van der Waals surface area contributed by atoms with Crippen molar-refractivity contribution in [3.05, 3.63) is 88.7 Å². The minimum absolute atomic E-state index is 0.0974. The highest BCUT2D eigenvalue weighted by Crippen LogP contribution is 2.25. The van der Waals surface area contributed by atoms with Crippen molar-refractivity contribution < 1.29 is 4.79 Å². The molecule has 0 saturated heterocycles. The molecule has 5 heteroatoms. The van der Waals surface area contributed by atoms with Crippen molar-refractivity contribution in [1.82, 2.24) is 20.1 Å². The minimum Gasteiger partial charge on any atom is -0.351 e. The largest absolute Gasteiger partial charge is 0.351 e. The molecule has 0 bridgehead atoms. The Morgan fingerprint density at radius 3 is 2.43 bits per heavy atom. The summed E-state index contributed by atoms with van der Waals surface area (Å²) in [6.45, 7) is 8.57. The van der Waals surface area contributed by atoms with Crippen molar-refractivity contribution in [1.29, 1.82) is 0 Å². The van der Waals surface area contributed by atoms with E-state index in [2.05, 4.69) is 31.3 Å². The van der Waals surface area contributed by atoms with Gasteiger partial charge in [0.1, 0.15) is 0 Å². The molecule has 1 atom stereocenters. The first-order valence-corrected chi connectivity index (χ1v) is 10.2. The van der Waals surface area contributed by atoms with Gasteiger partial charge in [0.2, 0.25) is 0 Å². The van der Waals surface area contributed by atoms with Gasteiger partial charge in [-0.25, -0.2) is 9.67 Å². The van der Waals surface area contributed by atoms with Gasteiger partial charge in [-0.1, -0.05) is 55.0 Å². The van der Waals surface area contributed by atoms with Crippen LogP contribution in [0.5, 0.6) is 0 Å². The quantitative estimate of drug-likeness (QED) is 0.521. The van der Waals surface area contributed by atoms with Crippen LogP contribution < -0.4 is 5.32 Å². The number of carbonyl (C=O) groups excluding carboxylic acids is 1. The van der Waals surface area contributed by atoms with E-state index < -0.39 is 0 Å². The Hall–Kier alpha value is -3.47. The van der Waals surface area contributed by atoms with Gasteiger partial charge in [0.25, 0.3) is 5.91 Å². The SMILES string of the molecule is Cc1ccc(-n2nc(C)c3c(C(=O)NC[C@H](C)c4ccccc4)cc(C)nc32)cc1. The Morgan fingerprint density at radius 1 is 1.03 bits per heavy atom. The number of hydrogen-bond acceptors (Lipinski definition) is 3. The lowest BCUT2D eigenvalue weighted by Crippen LogP contribution is -2.28. The molecule has 4 aromatic rings. The third-order valence-corrected chi connectivity index (χ3v) is 5.40. The average molecular weight is 399 g/mol. The van der Waals surface area contributed by atoms with E-state index >= 15 is 0 Å². The summed E-state index contributed by atoms with van der Waals surface area (Å²) in [6.07, 6.45) is 0. The van der Waals surface area contributed by atoms with E-state index in [1.165, 1.54) is 11.1 Å². The van der Waals surface area contributed by atoms with Crippen LogP contribution in [0, 0.1) is 20.8 Å². The lowest BCUT2D eigenvalue weighted by molar-refractivity contribution is 0.0953.